The summed E-state index contributed by atoms with van der Waals surface area (Å²) < 4.78 is 5.47. The first-order valence-corrected chi connectivity index (χ1v) is 8.87. The monoisotopic (exact) mass is 443 g/mol. The van der Waals surface area contributed by atoms with E-state index in [1.807, 2.05) is 25.9 Å². The summed E-state index contributed by atoms with van der Waals surface area (Å²) in [5, 5.41) is 12.1. The molecule has 0 fully saturated rings. The first-order valence-electron chi connectivity index (χ1n) is 7.70. The molecule has 1 aromatic heterocycles. The lowest BCUT2D eigenvalue weighted by Crippen LogP contribution is -2.41. The third-order valence-electron chi connectivity index (χ3n) is 3.23. The zero-order chi connectivity index (χ0) is 19.3. The van der Waals surface area contributed by atoms with Crippen molar-refractivity contribution < 1.29 is 14.3 Å². The Bertz CT molecular complexity index is 796. The Morgan fingerprint density at radius 1 is 1.38 bits per heavy atom. The molecule has 8 nitrogen and oxygen atoms in total. The number of H-pyrrole nitrogens is 1. The predicted molar refractivity (Wildman–Crippen MR) is 103 cm³/mol. The summed E-state index contributed by atoms with van der Waals surface area (Å²) >= 11 is 9.26. The number of aromatic amines is 1. The number of halogens is 2. The first kappa shape index (κ1) is 20.2. The van der Waals surface area contributed by atoms with Crippen LogP contribution >= 0.6 is 27.5 Å². The van der Waals surface area contributed by atoms with Crippen LogP contribution in [0, 0.1) is 0 Å². The molecule has 3 N–H and O–H groups in total. The molecule has 2 rings (SSSR count). The molecule has 0 spiro atoms. The molecule has 26 heavy (non-hydrogen) atoms. The maximum atomic E-state index is 12.3. The zero-order valence-electron chi connectivity index (χ0n) is 14.5. The first-order chi connectivity index (χ1) is 12.3. The Morgan fingerprint density at radius 2 is 2.08 bits per heavy atom. The van der Waals surface area contributed by atoms with E-state index in [9.17, 15) is 9.59 Å². The molecule has 2 amide bonds. The third-order valence-corrected chi connectivity index (χ3v) is 4.29. The van der Waals surface area contributed by atoms with Crippen LogP contribution in [-0.2, 0) is 0 Å². The molecule has 0 aliphatic carbocycles. The normalized spacial score (nSPS) is 11.9. The van der Waals surface area contributed by atoms with Crippen molar-refractivity contribution in [2.75, 3.05) is 26.0 Å². The van der Waals surface area contributed by atoms with Crippen molar-refractivity contribution in [1.29, 1.82) is 0 Å². The highest BCUT2D eigenvalue weighted by molar-refractivity contribution is 9.10. The van der Waals surface area contributed by atoms with Gasteiger partial charge in [-0.05, 0) is 49.1 Å². The van der Waals surface area contributed by atoms with Crippen molar-refractivity contribution in [3.8, 4) is 5.88 Å². The number of anilines is 1. The van der Waals surface area contributed by atoms with Crippen LogP contribution in [0.5, 0.6) is 5.88 Å². The lowest BCUT2D eigenvalue weighted by atomic mass is 10.2. The molecular weight excluding hydrogens is 426 g/mol. The van der Waals surface area contributed by atoms with Gasteiger partial charge in [0.15, 0.2) is 0 Å². The average Bonchev–Trinajstić information content (AvgIpc) is 2.87. The number of amides is 2. The molecule has 0 bridgehead atoms. The minimum absolute atomic E-state index is 0.00834. The molecule has 2 aromatic rings. The van der Waals surface area contributed by atoms with Crippen molar-refractivity contribution in [3.63, 3.8) is 0 Å². The minimum Gasteiger partial charge on any atom is -0.388 e. The van der Waals surface area contributed by atoms with Crippen LogP contribution in [0.4, 0.5) is 10.6 Å². The van der Waals surface area contributed by atoms with Crippen LogP contribution in [0.3, 0.4) is 0 Å². The van der Waals surface area contributed by atoms with Crippen LogP contribution in [0.1, 0.15) is 17.3 Å². The second-order valence-electron chi connectivity index (χ2n) is 5.85. The fourth-order valence-corrected chi connectivity index (χ4v) is 2.78. The fraction of sp³-hybridized carbons (Fsp3) is 0.312. The molecule has 1 atom stereocenters. The van der Waals surface area contributed by atoms with Gasteiger partial charge in [0.25, 0.3) is 11.8 Å². The molecule has 140 valence electrons. The van der Waals surface area contributed by atoms with E-state index in [-0.39, 0.29) is 17.7 Å². The standard InChI is InChI=1S/C16H19BrClN5O3/c1-9(8-23(2)3)19-16(25)26-15-12(17)13(21-22-15)20-14(24)10-6-4-5-7-11(10)18/h4-7,9H,8H2,1-3H3,(H,19,25)(H2,20,21,22,24)/t9-/m1/s1. The molecule has 0 saturated heterocycles. The fourth-order valence-electron chi connectivity index (χ4n) is 2.20. The topological polar surface area (TPSA) is 99.3 Å². The van der Waals surface area contributed by atoms with Crippen molar-refractivity contribution in [2.24, 2.45) is 0 Å². The molecule has 0 unspecified atom stereocenters. The highest BCUT2D eigenvalue weighted by Crippen LogP contribution is 2.30. The molecule has 1 aromatic carbocycles. The molecular formula is C16H19BrClN5O3. The lowest BCUT2D eigenvalue weighted by Gasteiger charge is -2.17. The van der Waals surface area contributed by atoms with Crippen LogP contribution in [0.2, 0.25) is 5.02 Å². The number of hydrogen-bond donors (Lipinski definition) is 3. The van der Waals surface area contributed by atoms with Crippen LogP contribution < -0.4 is 15.4 Å². The predicted octanol–water partition coefficient (Wildman–Crippen LogP) is 3.12. The molecule has 10 heteroatoms. The minimum atomic E-state index is -0.643. The van der Waals surface area contributed by atoms with Gasteiger partial charge in [0.1, 0.15) is 10.3 Å². The second-order valence-corrected chi connectivity index (χ2v) is 7.05. The van der Waals surface area contributed by atoms with Gasteiger partial charge in [0.05, 0.1) is 10.6 Å². The van der Waals surface area contributed by atoms with Crippen molar-refractivity contribution in [3.05, 3.63) is 39.3 Å². The number of nitrogens with zero attached hydrogens (tertiary/aromatic N) is 2. The Hall–Kier alpha value is -2.10. The highest BCUT2D eigenvalue weighted by atomic mass is 79.9. The van der Waals surface area contributed by atoms with Crippen molar-refractivity contribution in [1.82, 2.24) is 20.4 Å². The van der Waals surface area contributed by atoms with E-state index in [1.165, 1.54) is 0 Å². The summed E-state index contributed by atoms with van der Waals surface area (Å²) in [6.45, 7) is 2.52. The number of rotatable bonds is 6. The molecule has 0 aliphatic rings. The summed E-state index contributed by atoms with van der Waals surface area (Å²) in [6, 6.07) is 6.55. The Labute approximate surface area is 164 Å². The number of likely N-dealkylation sites (N-methyl/N-ethyl adjacent to an activating group) is 1. The van der Waals surface area contributed by atoms with E-state index >= 15 is 0 Å². The number of carbonyl (C=O) groups is 2. The van der Waals surface area contributed by atoms with E-state index in [0.717, 1.165) is 0 Å². The van der Waals surface area contributed by atoms with E-state index in [2.05, 4.69) is 36.8 Å². The average molecular weight is 445 g/mol. The SMILES string of the molecule is C[C@H](CN(C)C)NC(=O)Oc1n[nH]c(NC(=O)c2ccccc2Cl)c1Br. The second kappa shape index (κ2) is 9.02. The largest absolute Gasteiger partial charge is 0.414 e. The van der Waals surface area contributed by atoms with Crippen LogP contribution in [0.25, 0.3) is 0 Å². The quantitative estimate of drug-likeness (QED) is 0.636. The van der Waals surface area contributed by atoms with E-state index in [0.29, 0.717) is 21.6 Å². The number of benzene rings is 1. The highest BCUT2D eigenvalue weighted by Gasteiger charge is 2.19. The van der Waals surface area contributed by atoms with Crippen LogP contribution in [-0.4, -0.2) is 53.8 Å². The number of hydrogen-bond acceptors (Lipinski definition) is 5. The van der Waals surface area contributed by atoms with Crippen molar-refractivity contribution >= 4 is 45.3 Å². The summed E-state index contributed by atoms with van der Waals surface area (Å²) in [4.78, 5) is 26.1. The molecule has 0 aliphatic heterocycles. The third kappa shape index (κ3) is 5.45. The van der Waals surface area contributed by atoms with Gasteiger partial charge in [0.2, 0.25) is 0 Å². The van der Waals surface area contributed by atoms with Gasteiger partial charge in [0, 0.05) is 12.6 Å². The Morgan fingerprint density at radius 3 is 2.73 bits per heavy atom. The summed E-state index contributed by atoms with van der Waals surface area (Å²) in [6.07, 6.45) is -0.643. The lowest BCUT2D eigenvalue weighted by molar-refractivity contribution is 0.102. The number of ether oxygens (including phenoxy) is 1. The van der Waals surface area contributed by atoms with Gasteiger partial charge >= 0.3 is 6.09 Å². The Balaban J connectivity index is 2.00. The number of carbonyl (C=O) groups excluding carboxylic acids is 2. The maximum absolute atomic E-state index is 12.3. The smallest absolute Gasteiger partial charge is 0.388 e. The van der Waals surface area contributed by atoms with Crippen molar-refractivity contribution in [2.45, 2.75) is 13.0 Å². The van der Waals surface area contributed by atoms with E-state index < -0.39 is 12.0 Å². The number of aromatic nitrogens is 2. The molecule has 0 radical (unpaired) electrons. The van der Waals surface area contributed by atoms with Gasteiger partial charge in [-0.25, -0.2) is 4.79 Å². The van der Waals surface area contributed by atoms with Gasteiger partial charge in [-0.15, -0.1) is 5.10 Å². The molecule has 1 heterocycles. The Kier molecular flexibility index (Phi) is 7.01. The van der Waals surface area contributed by atoms with E-state index in [4.69, 9.17) is 16.3 Å². The summed E-state index contributed by atoms with van der Waals surface area (Å²) in [7, 11) is 3.81. The maximum Gasteiger partial charge on any atom is 0.414 e. The van der Waals surface area contributed by atoms with Gasteiger partial charge in [-0.1, -0.05) is 23.7 Å². The van der Waals surface area contributed by atoms with Gasteiger partial charge in [-0.3, -0.25) is 9.89 Å². The van der Waals surface area contributed by atoms with Crippen LogP contribution in [0.15, 0.2) is 28.7 Å². The summed E-state index contributed by atoms with van der Waals surface area (Å²) in [5.74, 6) is -0.163. The van der Waals surface area contributed by atoms with Gasteiger partial charge < -0.3 is 20.3 Å². The zero-order valence-corrected chi connectivity index (χ0v) is 16.8. The summed E-state index contributed by atoms with van der Waals surface area (Å²) in [5.41, 5.74) is 0.313. The molecule has 0 saturated carbocycles. The van der Waals surface area contributed by atoms with E-state index in [1.54, 1.807) is 24.3 Å². The number of nitrogens with one attached hydrogen (secondary N) is 3. The van der Waals surface area contributed by atoms with Gasteiger partial charge in [-0.2, -0.15) is 0 Å².